The Morgan fingerprint density at radius 1 is 1.19 bits per heavy atom. The van der Waals surface area contributed by atoms with Crippen molar-refractivity contribution in [2.24, 2.45) is 0 Å². The summed E-state index contributed by atoms with van der Waals surface area (Å²) < 4.78 is 11.4. The van der Waals surface area contributed by atoms with Crippen LogP contribution in [0.3, 0.4) is 0 Å². The van der Waals surface area contributed by atoms with E-state index < -0.39 is 8.32 Å². The number of allylic oxidation sites excluding steroid dienone is 3. The van der Waals surface area contributed by atoms with Gasteiger partial charge in [-0.1, -0.05) is 32.9 Å². The van der Waals surface area contributed by atoms with Gasteiger partial charge >= 0.3 is 0 Å². The molecular weight excluding hydrogens is 216 g/mol. The van der Waals surface area contributed by atoms with E-state index in [2.05, 4.69) is 33.9 Å². The van der Waals surface area contributed by atoms with Crippen molar-refractivity contribution >= 4 is 8.32 Å². The highest BCUT2D eigenvalue weighted by atomic mass is 28.4. The molecule has 0 spiro atoms. The molecule has 2 nitrogen and oxygen atoms in total. The largest absolute Gasteiger partial charge is 0.519 e. The van der Waals surface area contributed by atoms with Gasteiger partial charge in [0.05, 0.1) is 7.11 Å². The first-order valence-electron chi connectivity index (χ1n) is 5.72. The summed E-state index contributed by atoms with van der Waals surface area (Å²) in [7, 11) is -0.135. The Hall–Kier alpha value is -0.703. The van der Waals surface area contributed by atoms with Gasteiger partial charge in [-0.05, 0) is 32.0 Å². The van der Waals surface area contributed by atoms with E-state index in [1.165, 1.54) is 0 Å². The lowest BCUT2D eigenvalue weighted by molar-refractivity contribution is 0.137. The molecule has 0 rings (SSSR count). The summed E-state index contributed by atoms with van der Waals surface area (Å²) in [4.78, 5) is 0. The third kappa shape index (κ3) is 4.04. The second kappa shape index (κ2) is 5.57. The van der Waals surface area contributed by atoms with E-state index in [1.807, 2.05) is 26.0 Å². The molecule has 0 saturated heterocycles. The van der Waals surface area contributed by atoms with E-state index in [0.717, 1.165) is 5.57 Å². The van der Waals surface area contributed by atoms with E-state index >= 15 is 0 Å². The summed E-state index contributed by atoms with van der Waals surface area (Å²) in [5.41, 5.74) is 1.04. The van der Waals surface area contributed by atoms with Crippen molar-refractivity contribution in [2.45, 2.75) is 52.8 Å². The zero-order valence-electron chi connectivity index (χ0n) is 12.0. The van der Waals surface area contributed by atoms with Crippen LogP contribution in [-0.2, 0) is 9.16 Å². The molecule has 0 aromatic rings. The third-order valence-electron chi connectivity index (χ3n) is 3.08. The summed E-state index contributed by atoms with van der Waals surface area (Å²) in [5.74, 6) is 0.657. The highest BCUT2D eigenvalue weighted by molar-refractivity contribution is 6.74. The average Bonchev–Trinajstić information content (AvgIpc) is 2.12. The van der Waals surface area contributed by atoms with E-state index in [0.29, 0.717) is 5.95 Å². The number of hydrogen-bond acceptors (Lipinski definition) is 2. The standard InChI is InChI=1S/C13H26O2Si/c1-9-10-11(2)12(14-6)15-16(7,8)13(3,4)5/h9-10H,1-8H3/b10-9-,12-11+. The predicted molar refractivity (Wildman–Crippen MR) is 72.8 cm³/mol. The first-order valence-corrected chi connectivity index (χ1v) is 8.63. The van der Waals surface area contributed by atoms with Crippen LogP contribution in [0.2, 0.25) is 18.1 Å². The topological polar surface area (TPSA) is 18.5 Å². The van der Waals surface area contributed by atoms with E-state index in [9.17, 15) is 0 Å². The summed E-state index contributed by atoms with van der Waals surface area (Å²) in [6.45, 7) is 15.1. The number of rotatable bonds is 4. The van der Waals surface area contributed by atoms with Crippen LogP contribution in [0.4, 0.5) is 0 Å². The molecule has 0 heterocycles. The van der Waals surface area contributed by atoms with Gasteiger partial charge < -0.3 is 9.16 Å². The lowest BCUT2D eigenvalue weighted by atomic mass is 10.2. The van der Waals surface area contributed by atoms with Crippen molar-refractivity contribution in [1.29, 1.82) is 0 Å². The molecule has 0 aliphatic rings. The second-order valence-corrected chi connectivity index (χ2v) is 10.3. The molecule has 0 saturated carbocycles. The molecule has 16 heavy (non-hydrogen) atoms. The molecule has 0 N–H and O–H groups in total. The van der Waals surface area contributed by atoms with E-state index in [1.54, 1.807) is 7.11 Å². The Morgan fingerprint density at radius 3 is 2.00 bits per heavy atom. The van der Waals surface area contributed by atoms with Gasteiger partial charge in [-0.3, -0.25) is 0 Å². The summed E-state index contributed by atoms with van der Waals surface area (Å²) >= 11 is 0. The monoisotopic (exact) mass is 242 g/mol. The first-order chi connectivity index (χ1) is 7.15. The molecule has 94 valence electrons. The fourth-order valence-corrected chi connectivity index (χ4v) is 2.00. The number of hydrogen-bond donors (Lipinski definition) is 0. The molecule has 0 bridgehead atoms. The third-order valence-corrected chi connectivity index (χ3v) is 7.39. The van der Waals surface area contributed by atoms with Gasteiger partial charge in [0, 0.05) is 5.57 Å². The molecule has 0 aliphatic heterocycles. The molecule has 0 aromatic carbocycles. The van der Waals surface area contributed by atoms with Crippen molar-refractivity contribution in [1.82, 2.24) is 0 Å². The van der Waals surface area contributed by atoms with Crippen molar-refractivity contribution in [3.05, 3.63) is 23.7 Å². The van der Waals surface area contributed by atoms with Crippen LogP contribution >= 0.6 is 0 Å². The maximum atomic E-state index is 6.11. The molecule has 0 aliphatic carbocycles. The predicted octanol–water partition coefficient (Wildman–Crippen LogP) is 4.46. The molecule has 0 fully saturated rings. The van der Waals surface area contributed by atoms with Crippen molar-refractivity contribution in [3.63, 3.8) is 0 Å². The summed E-state index contributed by atoms with van der Waals surface area (Å²) in [6, 6.07) is 0. The highest BCUT2D eigenvalue weighted by Gasteiger charge is 2.40. The van der Waals surface area contributed by atoms with Crippen LogP contribution in [0.15, 0.2) is 23.7 Å². The van der Waals surface area contributed by atoms with Crippen LogP contribution in [-0.4, -0.2) is 15.4 Å². The fourth-order valence-electron chi connectivity index (χ4n) is 0.986. The van der Waals surface area contributed by atoms with Crippen LogP contribution in [0, 0.1) is 0 Å². The van der Waals surface area contributed by atoms with Crippen molar-refractivity contribution in [2.75, 3.05) is 7.11 Å². The Bertz CT molecular complexity index is 283. The Balaban J connectivity index is 5.01. The van der Waals surface area contributed by atoms with Gasteiger partial charge in [0.25, 0.3) is 14.3 Å². The zero-order valence-corrected chi connectivity index (χ0v) is 13.0. The van der Waals surface area contributed by atoms with Crippen LogP contribution in [0.25, 0.3) is 0 Å². The van der Waals surface area contributed by atoms with Gasteiger partial charge in [0.15, 0.2) is 0 Å². The number of methoxy groups -OCH3 is 1. The van der Waals surface area contributed by atoms with Gasteiger partial charge in [-0.25, -0.2) is 0 Å². The maximum absolute atomic E-state index is 6.11. The average molecular weight is 242 g/mol. The number of ether oxygens (including phenoxy) is 1. The quantitative estimate of drug-likeness (QED) is 0.411. The molecule has 3 heteroatoms. The van der Waals surface area contributed by atoms with Crippen molar-refractivity contribution < 1.29 is 9.16 Å². The summed E-state index contributed by atoms with van der Waals surface area (Å²) in [6.07, 6.45) is 4.00. The minimum Gasteiger partial charge on any atom is -0.519 e. The fraction of sp³-hybridized carbons (Fsp3) is 0.692. The van der Waals surface area contributed by atoms with Gasteiger partial charge in [-0.15, -0.1) is 0 Å². The first kappa shape index (κ1) is 15.3. The molecule has 0 amide bonds. The van der Waals surface area contributed by atoms with E-state index in [-0.39, 0.29) is 5.04 Å². The van der Waals surface area contributed by atoms with Gasteiger partial charge in [0.1, 0.15) is 0 Å². The lowest BCUT2D eigenvalue weighted by Gasteiger charge is -2.36. The van der Waals surface area contributed by atoms with Crippen LogP contribution < -0.4 is 0 Å². The normalized spacial score (nSPS) is 15.0. The molecular formula is C13H26O2Si. The van der Waals surface area contributed by atoms with Gasteiger partial charge in [0.2, 0.25) is 0 Å². The highest BCUT2D eigenvalue weighted by Crippen LogP contribution is 2.38. The smallest absolute Gasteiger partial charge is 0.268 e. The van der Waals surface area contributed by atoms with E-state index in [4.69, 9.17) is 9.16 Å². The van der Waals surface area contributed by atoms with Crippen LogP contribution in [0.5, 0.6) is 0 Å². The Morgan fingerprint density at radius 2 is 1.69 bits per heavy atom. The molecule has 0 unspecified atom stereocenters. The minimum atomic E-state index is -1.80. The van der Waals surface area contributed by atoms with Crippen molar-refractivity contribution in [3.8, 4) is 0 Å². The maximum Gasteiger partial charge on any atom is 0.268 e. The summed E-state index contributed by atoms with van der Waals surface area (Å²) in [5, 5.41) is 0.187. The lowest BCUT2D eigenvalue weighted by Crippen LogP contribution is -2.40. The molecule has 0 aromatic heterocycles. The minimum absolute atomic E-state index is 0.187. The SMILES string of the molecule is C/C=C\C(C)=C(/OC)O[Si](C)(C)C(C)(C)C. The Labute approximate surface area is 101 Å². The second-order valence-electron chi connectivity index (χ2n) is 5.54. The molecule has 0 radical (unpaired) electrons. The van der Waals surface area contributed by atoms with Gasteiger partial charge in [-0.2, -0.15) is 0 Å². The van der Waals surface area contributed by atoms with Crippen LogP contribution in [0.1, 0.15) is 34.6 Å². The zero-order chi connectivity index (χ0) is 13.0. The Kier molecular flexibility index (Phi) is 5.33. The molecule has 0 atom stereocenters.